The zero-order valence-corrected chi connectivity index (χ0v) is 14.6. The van der Waals surface area contributed by atoms with E-state index in [1.165, 1.54) is 19.3 Å². The van der Waals surface area contributed by atoms with Gasteiger partial charge in [0, 0.05) is 23.7 Å². The number of piperidine rings is 2. The lowest BCUT2D eigenvalue weighted by Gasteiger charge is -2.40. The Labute approximate surface area is 142 Å². The maximum atomic E-state index is 12.7. The van der Waals surface area contributed by atoms with E-state index in [9.17, 15) is 4.79 Å². The Balaban J connectivity index is 1.75. The summed E-state index contributed by atoms with van der Waals surface area (Å²) < 4.78 is 16.0. The van der Waals surface area contributed by atoms with Gasteiger partial charge in [0.25, 0.3) is 5.91 Å². The van der Waals surface area contributed by atoms with E-state index in [4.69, 9.17) is 14.2 Å². The monoisotopic (exact) mass is 334 g/mol. The summed E-state index contributed by atoms with van der Waals surface area (Å²) in [6.07, 6.45) is 5.68. The molecule has 0 spiro atoms. The number of ether oxygens (including phenoxy) is 3. The van der Waals surface area contributed by atoms with E-state index in [0.29, 0.717) is 34.9 Å². The van der Waals surface area contributed by atoms with Crippen molar-refractivity contribution in [2.45, 2.75) is 50.2 Å². The van der Waals surface area contributed by atoms with Gasteiger partial charge < -0.3 is 24.8 Å². The molecule has 2 heterocycles. The van der Waals surface area contributed by atoms with Crippen molar-refractivity contribution >= 4 is 5.91 Å². The van der Waals surface area contributed by atoms with Crippen LogP contribution in [0.15, 0.2) is 12.1 Å². The van der Waals surface area contributed by atoms with Gasteiger partial charge in [0.05, 0.1) is 21.3 Å². The summed E-state index contributed by atoms with van der Waals surface area (Å²) in [5.41, 5.74) is 0.521. The largest absolute Gasteiger partial charge is 0.493 e. The average Bonchev–Trinajstić information content (AvgIpc) is 2.59. The Morgan fingerprint density at radius 1 is 1.04 bits per heavy atom. The molecular formula is C18H26N2O4. The normalized spacial score (nSPS) is 25.7. The van der Waals surface area contributed by atoms with Gasteiger partial charge in [-0.25, -0.2) is 0 Å². The molecule has 1 aromatic rings. The molecule has 2 aliphatic heterocycles. The molecule has 2 N–H and O–H groups in total. The smallest absolute Gasteiger partial charge is 0.251 e. The minimum Gasteiger partial charge on any atom is -0.493 e. The molecule has 2 aliphatic rings. The van der Waals surface area contributed by atoms with Crippen molar-refractivity contribution in [3.05, 3.63) is 17.7 Å². The van der Waals surface area contributed by atoms with Gasteiger partial charge in [0.15, 0.2) is 11.5 Å². The molecule has 1 amide bonds. The first-order chi connectivity index (χ1) is 11.6. The number of methoxy groups -OCH3 is 3. The SMILES string of the molecule is COc1cc(C(=O)NC2C[C@H]3CCC[C@@H](C2)N3)cc(OC)c1OC. The molecular weight excluding hydrogens is 308 g/mol. The zero-order valence-electron chi connectivity index (χ0n) is 14.6. The van der Waals surface area contributed by atoms with Crippen LogP contribution in [0.2, 0.25) is 0 Å². The molecule has 0 aliphatic carbocycles. The van der Waals surface area contributed by atoms with E-state index in [0.717, 1.165) is 12.8 Å². The van der Waals surface area contributed by atoms with Crippen LogP contribution in [0.1, 0.15) is 42.5 Å². The van der Waals surface area contributed by atoms with Crippen molar-refractivity contribution in [2.75, 3.05) is 21.3 Å². The molecule has 24 heavy (non-hydrogen) atoms. The first-order valence-corrected chi connectivity index (χ1v) is 8.51. The van der Waals surface area contributed by atoms with Crippen LogP contribution in [-0.4, -0.2) is 45.4 Å². The van der Waals surface area contributed by atoms with Gasteiger partial charge in [-0.3, -0.25) is 4.79 Å². The lowest BCUT2D eigenvalue weighted by atomic mass is 9.84. The number of nitrogens with one attached hydrogen (secondary N) is 2. The lowest BCUT2D eigenvalue weighted by Crippen LogP contribution is -2.54. The first-order valence-electron chi connectivity index (χ1n) is 8.51. The summed E-state index contributed by atoms with van der Waals surface area (Å²) in [6.45, 7) is 0. The third-order valence-electron chi connectivity index (χ3n) is 4.98. The maximum absolute atomic E-state index is 12.7. The molecule has 2 saturated heterocycles. The molecule has 3 rings (SSSR count). The predicted molar refractivity (Wildman–Crippen MR) is 91.1 cm³/mol. The number of benzene rings is 1. The second kappa shape index (κ2) is 7.30. The van der Waals surface area contributed by atoms with Gasteiger partial charge in [-0.2, -0.15) is 0 Å². The van der Waals surface area contributed by atoms with E-state index in [1.807, 2.05) is 0 Å². The number of carbonyl (C=O) groups excluding carboxylic acids is 1. The molecule has 2 bridgehead atoms. The van der Waals surface area contributed by atoms with Crippen molar-refractivity contribution in [2.24, 2.45) is 0 Å². The summed E-state index contributed by atoms with van der Waals surface area (Å²) >= 11 is 0. The highest BCUT2D eigenvalue weighted by atomic mass is 16.5. The fraction of sp³-hybridized carbons (Fsp3) is 0.611. The maximum Gasteiger partial charge on any atom is 0.251 e. The third-order valence-corrected chi connectivity index (χ3v) is 4.98. The number of hydrogen-bond donors (Lipinski definition) is 2. The van der Waals surface area contributed by atoms with E-state index < -0.39 is 0 Å². The number of hydrogen-bond acceptors (Lipinski definition) is 5. The highest BCUT2D eigenvalue weighted by molar-refractivity contribution is 5.95. The van der Waals surface area contributed by atoms with Gasteiger partial charge in [0.2, 0.25) is 5.75 Å². The van der Waals surface area contributed by atoms with Crippen molar-refractivity contribution in [1.29, 1.82) is 0 Å². The van der Waals surface area contributed by atoms with Gasteiger partial charge in [0.1, 0.15) is 0 Å². The van der Waals surface area contributed by atoms with Gasteiger partial charge in [-0.05, 0) is 37.8 Å². The number of carbonyl (C=O) groups is 1. The van der Waals surface area contributed by atoms with Crippen LogP contribution in [0.5, 0.6) is 17.2 Å². The minimum absolute atomic E-state index is 0.0979. The molecule has 3 atom stereocenters. The van der Waals surface area contributed by atoms with Crippen LogP contribution in [0.3, 0.4) is 0 Å². The van der Waals surface area contributed by atoms with Crippen LogP contribution in [0.4, 0.5) is 0 Å². The van der Waals surface area contributed by atoms with Gasteiger partial charge >= 0.3 is 0 Å². The Kier molecular flexibility index (Phi) is 5.14. The summed E-state index contributed by atoms with van der Waals surface area (Å²) in [5.74, 6) is 1.38. The number of rotatable bonds is 5. The molecule has 0 radical (unpaired) electrons. The quantitative estimate of drug-likeness (QED) is 0.863. The van der Waals surface area contributed by atoms with Crippen LogP contribution >= 0.6 is 0 Å². The molecule has 0 saturated carbocycles. The summed E-state index contributed by atoms with van der Waals surface area (Å²) in [7, 11) is 4.65. The third kappa shape index (κ3) is 3.43. The first kappa shape index (κ1) is 16.9. The number of fused-ring (bicyclic) bond motifs is 2. The van der Waals surface area contributed by atoms with Crippen molar-refractivity contribution in [3.63, 3.8) is 0 Å². The Morgan fingerprint density at radius 2 is 1.62 bits per heavy atom. The Hall–Kier alpha value is -1.95. The molecule has 2 fully saturated rings. The van der Waals surface area contributed by atoms with Crippen LogP contribution in [0.25, 0.3) is 0 Å². The summed E-state index contributed by atoms with van der Waals surface area (Å²) in [5, 5.41) is 6.81. The molecule has 6 heteroatoms. The second-order valence-corrected chi connectivity index (χ2v) is 6.55. The lowest BCUT2D eigenvalue weighted by molar-refractivity contribution is 0.0906. The van der Waals surface area contributed by atoms with E-state index in [2.05, 4.69) is 10.6 Å². The molecule has 6 nitrogen and oxygen atoms in total. The Bertz CT molecular complexity index is 568. The van der Waals surface area contributed by atoms with Crippen molar-refractivity contribution in [1.82, 2.24) is 10.6 Å². The summed E-state index contributed by atoms with van der Waals surface area (Å²) in [6, 6.07) is 4.66. The second-order valence-electron chi connectivity index (χ2n) is 6.55. The molecule has 0 aromatic heterocycles. The van der Waals surface area contributed by atoms with E-state index in [1.54, 1.807) is 33.5 Å². The number of amides is 1. The summed E-state index contributed by atoms with van der Waals surface area (Å²) in [4.78, 5) is 12.7. The predicted octanol–water partition coefficient (Wildman–Crippen LogP) is 2.12. The van der Waals surface area contributed by atoms with E-state index >= 15 is 0 Å². The van der Waals surface area contributed by atoms with E-state index in [-0.39, 0.29) is 11.9 Å². The average molecular weight is 334 g/mol. The molecule has 1 unspecified atom stereocenters. The highest BCUT2D eigenvalue weighted by Gasteiger charge is 2.32. The molecule has 1 aromatic carbocycles. The van der Waals surface area contributed by atoms with Crippen molar-refractivity contribution in [3.8, 4) is 17.2 Å². The van der Waals surface area contributed by atoms with Crippen LogP contribution in [0, 0.1) is 0 Å². The van der Waals surface area contributed by atoms with Gasteiger partial charge in [-0.15, -0.1) is 0 Å². The fourth-order valence-electron chi connectivity index (χ4n) is 3.86. The van der Waals surface area contributed by atoms with Crippen molar-refractivity contribution < 1.29 is 19.0 Å². The molecule has 132 valence electrons. The minimum atomic E-state index is -0.0979. The fourth-order valence-corrected chi connectivity index (χ4v) is 3.86. The standard InChI is InChI=1S/C18H26N2O4/c1-22-15-7-11(8-16(23-2)17(15)24-3)18(21)20-14-9-12-5-4-6-13(10-14)19-12/h7-8,12-14,19H,4-6,9-10H2,1-3H3,(H,20,21)/t12-,13+,14?. The topological polar surface area (TPSA) is 68.8 Å². The van der Waals surface area contributed by atoms with Gasteiger partial charge in [-0.1, -0.05) is 6.42 Å². The Morgan fingerprint density at radius 3 is 2.12 bits per heavy atom. The van der Waals surface area contributed by atoms with Crippen LogP contribution in [-0.2, 0) is 0 Å². The highest BCUT2D eigenvalue weighted by Crippen LogP contribution is 2.38. The van der Waals surface area contributed by atoms with Crippen LogP contribution < -0.4 is 24.8 Å². The zero-order chi connectivity index (χ0) is 17.1.